The number of fused-ring (bicyclic) bond motifs is 1. The monoisotopic (exact) mass is 416 g/mol. The first kappa shape index (κ1) is 19.5. The van der Waals surface area contributed by atoms with Crippen LogP contribution in [0.4, 0.5) is 5.69 Å². The number of ether oxygens (including phenoxy) is 1. The zero-order chi connectivity index (χ0) is 20.9. The fourth-order valence-electron chi connectivity index (χ4n) is 2.95. The summed E-state index contributed by atoms with van der Waals surface area (Å²) in [6.07, 6.45) is 9.07. The third-order valence-corrected chi connectivity index (χ3v) is 5.02. The highest BCUT2D eigenvalue weighted by molar-refractivity contribution is 7.80. The van der Waals surface area contributed by atoms with Crippen LogP contribution in [0, 0.1) is 0 Å². The van der Waals surface area contributed by atoms with Crippen LogP contribution in [0.2, 0.25) is 0 Å². The van der Waals surface area contributed by atoms with Crippen LogP contribution in [-0.2, 0) is 0 Å². The molecule has 1 N–H and O–H groups in total. The summed E-state index contributed by atoms with van der Waals surface area (Å²) >= 11 is 5.44. The molecule has 0 radical (unpaired) electrons. The number of pyridine rings is 2. The molecule has 0 atom stereocenters. The van der Waals surface area contributed by atoms with Crippen molar-refractivity contribution in [1.29, 1.82) is 0 Å². The van der Waals surface area contributed by atoms with E-state index in [4.69, 9.17) is 17.0 Å². The van der Waals surface area contributed by atoms with Crippen molar-refractivity contribution in [3.8, 4) is 16.9 Å². The van der Waals surface area contributed by atoms with E-state index in [0.29, 0.717) is 5.11 Å². The van der Waals surface area contributed by atoms with Gasteiger partial charge in [-0.2, -0.15) is 5.10 Å². The molecule has 7 nitrogen and oxygen atoms in total. The highest BCUT2D eigenvalue weighted by Gasteiger charge is 2.07. The van der Waals surface area contributed by atoms with Crippen molar-refractivity contribution in [2.24, 2.45) is 5.10 Å². The van der Waals surface area contributed by atoms with Crippen molar-refractivity contribution in [3.05, 3.63) is 79.0 Å². The van der Waals surface area contributed by atoms with E-state index in [0.717, 1.165) is 33.9 Å². The predicted molar refractivity (Wildman–Crippen MR) is 123 cm³/mol. The number of thiocarbonyl (C=S) groups is 1. The molecule has 0 aliphatic heterocycles. The predicted octanol–water partition coefficient (Wildman–Crippen LogP) is 3.75. The van der Waals surface area contributed by atoms with E-state index in [1.807, 2.05) is 77.3 Å². The quantitative estimate of drug-likeness (QED) is 0.304. The van der Waals surface area contributed by atoms with Crippen LogP contribution in [-0.4, -0.2) is 39.9 Å². The standard InChI is InChI=1S/C22H20N6OS/c1-27(18-6-8-20(29-2)9-7-18)22(30)26-25-14-19-13-24-21-10-5-17(15-28(19)21)16-4-3-11-23-12-16/h3-15H,1-2H3,(H,26,30)/b25-14+. The third kappa shape index (κ3) is 4.13. The maximum absolute atomic E-state index is 5.44. The first-order valence-electron chi connectivity index (χ1n) is 9.24. The normalized spacial score (nSPS) is 11.0. The highest BCUT2D eigenvalue weighted by Crippen LogP contribution is 2.20. The number of imidazole rings is 1. The fourth-order valence-corrected chi connectivity index (χ4v) is 3.11. The molecule has 0 unspecified atom stereocenters. The van der Waals surface area contributed by atoms with Gasteiger partial charge in [-0.3, -0.25) is 14.8 Å². The summed E-state index contributed by atoms with van der Waals surface area (Å²) in [6, 6.07) is 15.6. The second-order valence-electron chi connectivity index (χ2n) is 6.50. The molecule has 8 heteroatoms. The Labute approximate surface area is 179 Å². The number of hydrazone groups is 1. The lowest BCUT2D eigenvalue weighted by Crippen LogP contribution is -2.34. The van der Waals surface area contributed by atoms with Gasteiger partial charge in [0.15, 0.2) is 5.11 Å². The van der Waals surface area contributed by atoms with Gasteiger partial charge in [0.2, 0.25) is 0 Å². The number of hydrogen-bond donors (Lipinski definition) is 1. The summed E-state index contributed by atoms with van der Waals surface area (Å²) in [6.45, 7) is 0. The Morgan fingerprint density at radius 2 is 1.97 bits per heavy atom. The van der Waals surface area contributed by atoms with E-state index in [1.165, 1.54) is 0 Å². The summed E-state index contributed by atoms with van der Waals surface area (Å²) in [5.41, 5.74) is 7.59. The molecule has 0 fully saturated rings. The van der Waals surface area contributed by atoms with Crippen molar-refractivity contribution >= 4 is 34.9 Å². The summed E-state index contributed by atoms with van der Waals surface area (Å²) in [5.74, 6) is 0.794. The lowest BCUT2D eigenvalue weighted by Gasteiger charge is -2.19. The third-order valence-electron chi connectivity index (χ3n) is 4.65. The molecule has 0 spiro atoms. The Balaban J connectivity index is 1.48. The Morgan fingerprint density at radius 3 is 2.70 bits per heavy atom. The van der Waals surface area contributed by atoms with Gasteiger partial charge >= 0.3 is 0 Å². The first-order valence-corrected chi connectivity index (χ1v) is 9.65. The number of anilines is 1. The number of hydrogen-bond acceptors (Lipinski definition) is 5. The Kier molecular flexibility index (Phi) is 5.67. The largest absolute Gasteiger partial charge is 0.497 e. The molecule has 30 heavy (non-hydrogen) atoms. The van der Waals surface area contributed by atoms with Gasteiger partial charge in [0.05, 0.1) is 25.2 Å². The molecule has 3 aromatic heterocycles. The second kappa shape index (κ2) is 8.71. The molecule has 0 saturated heterocycles. The Morgan fingerprint density at radius 1 is 1.13 bits per heavy atom. The second-order valence-corrected chi connectivity index (χ2v) is 6.89. The molecule has 0 bridgehead atoms. The van der Waals surface area contributed by atoms with Gasteiger partial charge in [-0.05, 0) is 54.7 Å². The highest BCUT2D eigenvalue weighted by atomic mass is 32.1. The summed E-state index contributed by atoms with van der Waals surface area (Å²) in [5, 5.41) is 4.76. The fraction of sp³-hybridized carbons (Fsp3) is 0.0909. The van der Waals surface area contributed by atoms with Crippen LogP contribution in [0.1, 0.15) is 5.69 Å². The van der Waals surface area contributed by atoms with E-state index in [-0.39, 0.29) is 0 Å². The molecule has 4 rings (SSSR count). The van der Waals surface area contributed by atoms with Crippen LogP contribution in [0.25, 0.3) is 16.8 Å². The maximum Gasteiger partial charge on any atom is 0.193 e. The Bertz CT molecular complexity index is 1190. The van der Waals surface area contributed by atoms with Gasteiger partial charge in [-0.15, -0.1) is 0 Å². The van der Waals surface area contributed by atoms with Gasteiger partial charge < -0.3 is 9.64 Å². The maximum atomic E-state index is 5.44. The van der Waals surface area contributed by atoms with Crippen molar-refractivity contribution in [3.63, 3.8) is 0 Å². The molecular formula is C22H20N6OS. The summed E-state index contributed by atoms with van der Waals surface area (Å²) in [7, 11) is 3.51. The minimum atomic E-state index is 0.473. The van der Waals surface area contributed by atoms with Gasteiger partial charge in [-0.1, -0.05) is 6.07 Å². The molecule has 0 saturated carbocycles. The topological polar surface area (TPSA) is 67.0 Å². The molecule has 3 heterocycles. The van der Waals surface area contributed by atoms with E-state index < -0.39 is 0 Å². The molecule has 1 aromatic carbocycles. The van der Waals surface area contributed by atoms with E-state index in [2.05, 4.69) is 20.5 Å². The lowest BCUT2D eigenvalue weighted by atomic mass is 10.1. The number of rotatable bonds is 5. The number of benzene rings is 1. The molecular weight excluding hydrogens is 396 g/mol. The van der Waals surface area contributed by atoms with Gasteiger partial charge in [0.1, 0.15) is 11.4 Å². The number of nitrogens with one attached hydrogen (secondary N) is 1. The minimum absolute atomic E-state index is 0.473. The summed E-state index contributed by atoms with van der Waals surface area (Å²) in [4.78, 5) is 10.4. The van der Waals surface area contributed by atoms with E-state index in [1.54, 1.807) is 25.7 Å². The number of aromatic nitrogens is 3. The first-order chi connectivity index (χ1) is 14.7. The van der Waals surface area contributed by atoms with Crippen LogP contribution in [0.5, 0.6) is 5.75 Å². The van der Waals surface area contributed by atoms with Crippen LogP contribution in [0.15, 0.2) is 78.4 Å². The zero-order valence-electron chi connectivity index (χ0n) is 16.6. The average Bonchev–Trinajstić information content (AvgIpc) is 3.21. The van der Waals surface area contributed by atoms with Crippen LogP contribution in [0.3, 0.4) is 0 Å². The van der Waals surface area contributed by atoms with Crippen molar-refractivity contribution in [1.82, 2.24) is 19.8 Å². The SMILES string of the molecule is COc1ccc(N(C)C(=S)N/N=C/c2cnc3ccc(-c4cccnc4)cn23)cc1. The van der Waals surface area contributed by atoms with Crippen molar-refractivity contribution in [2.75, 3.05) is 19.1 Å². The smallest absolute Gasteiger partial charge is 0.193 e. The lowest BCUT2D eigenvalue weighted by molar-refractivity contribution is 0.415. The Hall–Kier alpha value is -3.78. The summed E-state index contributed by atoms with van der Waals surface area (Å²) < 4.78 is 7.16. The van der Waals surface area contributed by atoms with Crippen molar-refractivity contribution in [2.45, 2.75) is 0 Å². The van der Waals surface area contributed by atoms with Crippen molar-refractivity contribution < 1.29 is 4.74 Å². The average molecular weight is 417 g/mol. The molecule has 0 amide bonds. The van der Waals surface area contributed by atoms with E-state index >= 15 is 0 Å². The molecule has 0 aliphatic rings. The minimum Gasteiger partial charge on any atom is -0.497 e. The molecule has 0 aliphatic carbocycles. The number of nitrogens with zero attached hydrogens (tertiary/aromatic N) is 5. The zero-order valence-corrected chi connectivity index (χ0v) is 17.4. The van der Waals surface area contributed by atoms with Gasteiger partial charge in [0.25, 0.3) is 0 Å². The van der Waals surface area contributed by atoms with Gasteiger partial charge in [-0.25, -0.2) is 4.98 Å². The molecule has 150 valence electrons. The molecule has 4 aromatic rings. The number of methoxy groups -OCH3 is 1. The van der Waals surface area contributed by atoms with E-state index in [9.17, 15) is 0 Å². The van der Waals surface area contributed by atoms with Gasteiger partial charge in [0, 0.05) is 42.5 Å². The van der Waals surface area contributed by atoms with Crippen LogP contribution >= 0.6 is 12.2 Å². The van der Waals surface area contributed by atoms with Crippen LogP contribution < -0.4 is 15.1 Å².